The molecule has 3 rings (SSSR count). The number of benzene rings is 3. The number of hydrogen-bond donors (Lipinski definition) is 2. The van der Waals surface area contributed by atoms with Crippen LogP contribution in [-0.4, -0.2) is 27.7 Å². The number of sulfonamides is 1. The van der Waals surface area contributed by atoms with Gasteiger partial charge in [-0.15, -0.1) is 0 Å². The van der Waals surface area contributed by atoms with Crippen LogP contribution in [-0.2, 0) is 10.0 Å². The number of rotatable bonds is 5. The lowest BCUT2D eigenvalue weighted by Gasteiger charge is -2.13. The summed E-state index contributed by atoms with van der Waals surface area (Å²) < 4.78 is 30.6. The number of carbonyl (C=O) groups excluding carboxylic acids is 1. The molecule has 3 aromatic rings. The van der Waals surface area contributed by atoms with Gasteiger partial charge in [0.05, 0.1) is 19.1 Å². The van der Waals surface area contributed by atoms with E-state index in [1.165, 1.54) is 13.2 Å². The fraction of sp³-hybridized carbons (Fsp3) is 0.105. The molecular formula is C19H18N2O4S. The monoisotopic (exact) mass is 370 g/mol. The van der Waals surface area contributed by atoms with Gasteiger partial charge in [-0.2, -0.15) is 0 Å². The molecule has 0 saturated carbocycles. The lowest BCUT2D eigenvalue weighted by Crippen LogP contribution is -2.14. The van der Waals surface area contributed by atoms with E-state index in [-0.39, 0.29) is 11.6 Å². The summed E-state index contributed by atoms with van der Waals surface area (Å²) in [6.45, 7) is 0. The summed E-state index contributed by atoms with van der Waals surface area (Å²) in [5.41, 5.74) is 1.25. The SMILES string of the molecule is COc1ccc(NC(=O)c2cccc3ccccc23)cc1NS(C)(=O)=O. The van der Waals surface area contributed by atoms with E-state index in [0.29, 0.717) is 17.0 Å². The smallest absolute Gasteiger partial charge is 0.256 e. The molecule has 0 bridgehead atoms. The van der Waals surface area contributed by atoms with Crippen molar-refractivity contribution >= 4 is 38.1 Å². The maximum Gasteiger partial charge on any atom is 0.256 e. The normalized spacial score (nSPS) is 11.2. The summed E-state index contributed by atoms with van der Waals surface area (Å²) in [4.78, 5) is 12.7. The summed E-state index contributed by atoms with van der Waals surface area (Å²) in [6.07, 6.45) is 1.05. The largest absolute Gasteiger partial charge is 0.495 e. The van der Waals surface area contributed by atoms with Gasteiger partial charge in [0, 0.05) is 11.3 Å². The molecule has 2 N–H and O–H groups in total. The van der Waals surface area contributed by atoms with Crippen molar-refractivity contribution in [3.63, 3.8) is 0 Å². The Balaban J connectivity index is 1.93. The van der Waals surface area contributed by atoms with Crippen LogP contribution in [0.25, 0.3) is 10.8 Å². The quantitative estimate of drug-likeness (QED) is 0.720. The first-order chi connectivity index (χ1) is 12.4. The highest BCUT2D eigenvalue weighted by atomic mass is 32.2. The van der Waals surface area contributed by atoms with Gasteiger partial charge in [0.15, 0.2) is 0 Å². The number of amides is 1. The molecule has 0 spiro atoms. The van der Waals surface area contributed by atoms with Crippen molar-refractivity contribution in [1.82, 2.24) is 0 Å². The Hall–Kier alpha value is -3.06. The number of carbonyl (C=O) groups is 1. The van der Waals surface area contributed by atoms with E-state index >= 15 is 0 Å². The topological polar surface area (TPSA) is 84.5 Å². The Morgan fingerprint density at radius 2 is 1.73 bits per heavy atom. The van der Waals surface area contributed by atoms with Gasteiger partial charge < -0.3 is 10.1 Å². The van der Waals surface area contributed by atoms with Crippen molar-refractivity contribution in [3.05, 3.63) is 66.2 Å². The summed E-state index contributed by atoms with van der Waals surface area (Å²) in [5.74, 6) is 0.0795. The highest BCUT2D eigenvalue weighted by molar-refractivity contribution is 7.92. The Kier molecular flexibility index (Phi) is 4.81. The zero-order chi connectivity index (χ0) is 18.7. The Bertz CT molecular complexity index is 1070. The van der Waals surface area contributed by atoms with Gasteiger partial charge in [-0.05, 0) is 35.0 Å². The molecule has 6 nitrogen and oxygen atoms in total. The molecule has 1 amide bonds. The highest BCUT2D eigenvalue weighted by Gasteiger charge is 2.13. The van der Waals surface area contributed by atoms with Crippen molar-refractivity contribution in [3.8, 4) is 5.75 Å². The summed E-state index contributed by atoms with van der Waals surface area (Å²) in [6, 6.07) is 17.9. The minimum Gasteiger partial charge on any atom is -0.495 e. The molecule has 0 aliphatic heterocycles. The van der Waals surface area contributed by atoms with E-state index in [9.17, 15) is 13.2 Å². The summed E-state index contributed by atoms with van der Waals surface area (Å²) >= 11 is 0. The van der Waals surface area contributed by atoms with E-state index in [2.05, 4.69) is 10.0 Å². The zero-order valence-corrected chi connectivity index (χ0v) is 15.1. The predicted octanol–water partition coefficient (Wildman–Crippen LogP) is 3.47. The van der Waals surface area contributed by atoms with Crippen molar-refractivity contribution in [2.75, 3.05) is 23.4 Å². The first-order valence-corrected chi connectivity index (χ1v) is 9.71. The molecule has 0 radical (unpaired) electrons. The third kappa shape index (κ3) is 3.94. The van der Waals surface area contributed by atoms with Crippen LogP contribution in [0.5, 0.6) is 5.75 Å². The van der Waals surface area contributed by atoms with Crippen molar-refractivity contribution in [2.45, 2.75) is 0 Å². The van der Waals surface area contributed by atoms with E-state index in [4.69, 9.17) is 4.74 Å². The van der Waals surface area contributed by atoms with Crippen LogP contribution in [0.1, 0.15) is 10.4 Å². The molecule has 0 aliphatic rings. The Labute approximate surface area is 151 Å². The summed E-state index contributed by atoms with van der Waals surface area (Å²) in [7, 11) is -2.04. The molecule has 3 aromatic carbocycles. The van der Waals surface area contributed by atoms with Crippen LogP contribution < -0.4 is 14.8 Å². The van der Waals surface area contributed by atoms with Gasteiger partial charge in [0.2, 0.25) is 10.0 Å². The van der Waals surface area contributed by atoms with Gasteiger partial charge in [-0.3, -0.25) is 9.52 Å². The van der Waals surface area contributed by atoms with Gasteiger partial charge in [0.25, 0.3) is 5.91 Å². The van der Waals surface area contributed by atoms with Gasteiger partial charge in [-0.25, -0.2) is 8.42 Å². The molecule has 7 heteroatoms. The fourth-order valence-corrected chi connectivity index (χ4v) is 3.25. The molecular weight excluding hydrogens is 352 g/mol. The molecule has 26 heavy (non-hydrogen) atoms. The van der Waals surface area contributed by atoms with Crippen LogP contribution >= 0.6 is 0 Å². The van der Waals surface area contributed by atoms with Crippen LogP contribution in [0.3, 0.4) is 0 Å². The Morgan fingerprint density at radius 1 is 1.00 bits per heavy atom. The van der Waals surface area contributed by atoms with E-state index in [1.807, 2.05) is 36.4 Å². The molecule has 134 valence electrons. The number of fused-ring (bicyclic) bond motifs is 1. The second-order valence-electron chi connectivity index (χ2n) is 5.77. The summed E-state index contributed by atoms with van der Waals surface area (Å²) in [5, 5.41) is 4.61. The van der Waals surface area contributed by atoms with E-state index in [0.717, 1.165) is 17.0 Å². The number of methoxy groups -OCH3 is 1. The second-order valence-corrected chi connectivity index (χ2v) is 7.52. The van der Waals surface area contributed by atoms with E-state index < -0.39 is 10.0 Å². The molecule has 0 saturated heterocycles. The third-order valence-electron chi connectivity index (χ3n) is 3.79. The first-order valence-electron chi connectivity index (χ1n) is 7.82. The molecule has 0 fully saturated rings. The lowest BCUT2D eigenvalue weighted by atomic mass is 10.0. The minimum atomic E-state index is -3.48. The molecule has 0 heterocycles. The lowest BCUT2D eigenvalue weighted by molar-refractivity contribution is 0.102. The van der Waals surface area contributed by atoms with Gasteiger partial charge in [0.1, 0.15) is 5.75 Å². The maximum absolute atomic E-state index is 12.7. The number of nitrogens with one attached hydrogen (secondary N) is 2. The number of hydrogen-bond acceptors (Lipinski definition) is 4. The number of ether oxygens (including phenoxy) is 1. The van der Waals surface area contributed by atoms with Crippen LogP contribution in [0.15, 0.2) is 60.7 Å². The number of anilines is 2. The van der Waals surface area contributed by atoms with Gasteiger partial charge in [-0.1, -0.05) is 36.4 Å². The molecule has 0 aromatic heterocycles. The average molecular weight is 370 g/mol. The molecule has 0 aliphatic carbocycles. The molecule has 0 unspecified atom stereocenters. The van der Waals surface area contributed by atoms with Crippen LogP contribution in [0.2, 0.25) is 0 Å². The first kappa shape index (κ1) is 17.8. The Morgan fingerprint density at radius 3 is 2.46 bits per heavy atom. The van der Waals surface area contributed by atoms with Crippen LogP contribution in [0.4, 0.5) is 11.4 Å². The fourth-order valence-electron chi connectivity index (χ4n) is 2.69. The zero-order valence-electron chi connectivity index (χ0n) is 14.3. The minimum absolute atomic E-state index is 0.255. The van der Waals surface area contributed by atoms with E-state index in [1.54, 1.807) is 18.2 Å². The highest BCUT2D eigenvalue weighted by Crippen LogP contribution is 2.29. The second kappa shape index (κ2) is 7.05. The predicted molar refractivity (Wildman–Crippen MR) is 103 cm³/mol. The standard InChI is InChI=1S/C19H18N2O4S/c1-25-18-11-10-14(12-17(18)21-26(2,23)24)20-19(22)16-9-5-7-13-6-3-4-8-15(13)16/h3-12,21H,1-2H3,(H,20,22). The van der Waals surface area contributed by atoms with Gasteiger partial charge >= 0.3 is 0 Å². The van der Waals surface area contributed by atoms with Crippen LogP contribution in [0, 0.1) is 0 Å². The average Bonchev–Trinajstić information content (AvgIpc) is 2.60. The molecule has 0 atom stereocenters. The third-order valence-corrected chi connectivity index (χ3v) is 4.38. The van der Waals surface area contributed by atoms with Crippen molar-refractivity contribution in [1.29, 1.82) is 0 Å². The maximum atomic E-state index is 12.7. The van der Waals surface area contributed by atoms with Crippen molar-refractivity contribution in [2.24, 2.45) is 0 Å². The van der Waals surface area contributed by atoms with Crippen molar-refractivity contribution < 1.29 is 17.9 Å².